The van der Waals surface area contributed by atoms with Gasteiger partial charge in [-0.25, -0.2) is 0 Å². The summed E-state index contributed by atoms with van der Waals surface area (Å²) in [5.41, 5.74) is 2.18. The lowest BCUT2D eigenvalue weighted by Crippen LogP contribution is -2.68. The van der Waals surface area contributed by atoms with E-state index in [-0.39, 0.29) is 29.6 Å². The Kier molecular flexibility index (Phi) is 4.65. The van der Waals surface area contributed by atoms with Gasteiger partial charge < -0.3 is 20.7 Å². The van der Waals surface area contributed by atoms with Gasteiger partial charge in [0.2, 0.25) is 5.91 Å². The molecule has 4 atom stereocenters. The highest BCUT2D eigenvalue weighted by molar-refractivity contribution is 6.02. The minimum Gasteiger partial charge on any atom is -0.497 e. The molecule has 2 amide bonds. The number of anilines is 1. The van der Waals surface area contributed by atoms with Crippen LogP contribution >= 0.6 is 0 Å². The number of hydrogen-bond donors (Lipinski definition) is 3. The van der Waals surface area contributed by atoms with Gasteiger partial charge in [0.25, 0.3) is 5.91 Å². The first kappa shape index (κ1) is 19.0. The summed E-state index contributed by atoms with van der Waals surface area (Å²) in [4.78, 5) is 25.7. The van der Waals surface area contributed by atoms with Crippen LogP contribution in [0, 0.1) is 17.8 Å². The Balaban J connectivity index is 1.28. The van der Waals surface area contributed by atoms with Crippen molar-refractivity contribution in [2.45, 2.75) is 37.9 Å². The van der Waals surface area contributed by atoms with Crippen LogP contribution in [0.15, 0.2) is 48.5 Å². The molecule has 1 aliphatic heterocycles. The molecule has 6 rings (SSSR count). The van der Waals surface area contributed by atoms with E-state index in [4.69, 9.17) is 4.74 Å². The maximum Gasteiger partial charge on any atom is 0.255 e. The minimum atomic E-state index is -0.433. The summed E-state index contributed by atoms with van der Waals surface area (Å²) in [6.45, 7) is 0.497. The summed E-state index contributed by atoms with van der Waals surface area (Å²) >= 11 is 0. The molecule has 1 spiro atoms. The highest BCUT2D eigenvalue weighted by Crippen LogP contribution is 2.51. The molecule has 0 aromatic heterocycles. The van der Waals surface area contributed by atoms with Crippen molar-refractivity contribution < 1.29 is 14.3 Å². The molecule has 6 nitrogen and oxygen atoms in total. The lowest BCUT2D eigenvalue weighted by molar-refractivity contribution is -0.132. The van der Waals surface area contributed by atoms with E-state index in [9.17, 15) is 9.59 Å². The monoisotopic (exact) mass is 405 g/mol. The number of rotatable bonds is 4. The largest absolute Gasteiger partial charge is 0.497 e. The zero-order valence-electron chi connectivity index (χ0n) is 17.1. The van der Waals surface area contributed by atoms with Crippen molar-refractivity contribution in [2.75, 3.05) is 12.4 Å². The molecule has 6 heteroatoms. The second-order valence-corrected chi connectivity index (χ2v) is 8.75. The van der Waals surface area contributed by atoms with E-state index in [1.807, 2.05) is 48.5 Å². The average molecular weight is 405 g/mol. The van der Waals surface area contributed by atoms with Gasteiger partial charge >= 0.3 is 0 Å². The van der Waals surface area contributed by atoms with E-state index in [2.05, 4.69) is 16.0 Å². The molecule has 4 aliphatic rings. The number of hydrogen-bond acceptors (Lipinski definition) is 4. The van der Waals surface area contributed by atoms with Crippen molar-refractivity contribution in [2.24, 2.45) is 17.8 Å². The SMILES string of the molecule is COc1cccc(CNC(=O)[C@@H]2C[C@H]3CC[C@H]2C[C@@]32NC(=O)c3ccccc3N2)c1. The number of carbonyl (C=O) groups excluding carboxylic acids is 2. The van der Waals surface area contributed by atoms with Gasteiger partial charge in [0.1, 0.15) is 11.4 Å². The number of fused-ring (bicyclic) bond motifs is 3. The van der Waals surface area contributed by atoms with Crippen LogP contribution < -0.4 is 20.7 Å². The van der Waals surface area contributed by atoms with Crippen LogP contribution in [0.5, 0.6) is 5.75 Å². The molecule has 2 bridgehead atoms. The predicted molar refractivity (Wildman–Crippen MR) is 114 cm³/mol. The highest BCUT2D eigenvalue weighted by atomic mass is 16.5. The van der Waals surface area contributed by atoms with Crippen LogP contribution in [0.3, 0.4) is 0 Å². The van der Waals surface area contributed by atoms with Gasteiger partial charge in [-0.1, -0.05) is 24.3 Å². The van der Waals surface area contributed by atoms with Gasteiger partial charge in [0, 0.05) is 24.1 Å². The topological polar surface area (TPSA) is 79.5 Å². The lowest BCUT2D eigenvalue weighted by Gasteiger charge is -2.56. The van der Waals surface area contributed by atoms with Crippen LogP contribution in [0.4, 0.5) is 5.69 Å². The fourth-order valence-corrected chi connectivity index (χ4v) is 5.57. The predicted octanol–water partition coefficient (Wildman–Crippen LogP) is 3.30. The van der Waals surface area contributed by atoms with Gasteiger partial charge in [-0.15, -0.1) is 0 Å². The summed E-state index contributed by atoms with van der Waals surface area (Å²) in [7, 11) is 1.64. The van der Waals surface area contributed by atoms with Crippen molar-refractivity contribution in [3.05, 3.63) is 59.7 Å². The molecule has 3 fully saturated rings. The lowest BCUT2D eigenvalue weighted by atomic mass is 9.58. The Bertz CT molecular complexity index is 991. The van der Waals surface area contributed by atoms with Gasteiger partial charge in [-0.05, 0) is 61.4 Å². The minimum absolute atomic E-state index is 0.00384. The molecule has 1 heterocycles. The molecule has 2 aromatic carbocycles. The number of methoxy groups -OCH3 is 1. The third kappa shape index (κ3) is 3.20. The Labute approximate surface area is 176 Å². The van der Waals surface area contributed by atoms with Gasteiger partial charge in [0.05, 0.1) is 12.7 Å². The van der Waals surface area contributed by atoms with Crippen LogP contribution in [0.25, 0.3) is 0 Å². The van der Waals surface area contributed by atoms with Gasteiger partial charge in [0.15, 0.2) is 0 Å². The maximum absolute atomic E-state index is 13.0. The Morgan fingerprint density at radius 2 is 2.03 bits per heavy atom. The molecule has 0 unspecified atom stereocenters. The summed E-state index contributed by atoms with van der Waals surface area (Å²) in [6.07, 6.45) is 3.64. The van der Waals surface area contributed by atoms with E-state index < -0.39 is 5.66 Å². The number of amides is 2. The molecule has 30 heavy (non-hydrogen) atoms. The molecule has 2 aromatic rings. The summed E-state index contributed by atoms with van der Waals surface area (Å²) < 4.78 is 5.26. The second kappa shape index (κ2) is 7.35. The first-order valence-corrected chi connectivity index (χ1v) is 10.7. The molecule has 3 N–H and O–H groups in total. The van der Waals surface area contributed by atoms with E-state index in [1.165, 1.54) is 0 Å². The molecule has 3 saturated carbocycles. The summed E-state index contributed by atoms with van der Waals surface area (Å²) in [5.74, 6) is 1.39. The van der Waals surface area contributed by atoms with Gasteiger partial charge in [-0.3, -0.25) is 9.59 Å². The Morgan fingerprint density at radius 1 is 1.17 bits per heavy atom. The second-order valence-electron chi connectivity index (χ2n) is 8.75. The van der Waals surface area contributed by atoms with Crippen LogP contribution in [-0.2, 0) is 11.3 Å². The van der Waals surface area contributed by atoms with Crippen molar-refractivity contribution >= 4 is 17.5 Å². The van der Waals surface area contributed by atoms with E-state index in [0.29, 0.717) is 12.1 Å². The van der Waals surface area contributed by atoms with Crippen molar-refractivity contribution in [3.63, 3.8) is 0 Å². The first-order chi connectivity index (χ1) is 14.6. The number of nitrogens with one attached hydrogen (secondary N) is 3. The van der Waals surface area contributed by atoms with Crippen LogP contribution in [0.1, 0.15) is 41.6 Å². The molecule has 156 valence electrons. The van der Waals surface area contributed by atoms with E-state index in [0.717, 1.165) is 42.7 Å². The smallest absolute Gasteiger partial charge is 0.255 e. The number of benzene rings is 2. The van der Waals surface area contributed by atoms with Crippen molar-refractivity contribution in [1.29, 1.82) is 0 Å². The maximum atomic E-state index is 13.0. The fraction of sp³-hybridized carbons (Fsp3) is 0.417. The third-order valence-corrected chi connectivity index (χ3v) is 7.08. The Morgan fingerprint density at radius 3 is 2.83 bits per heavy atom. The molecule has 0 radical (unpaired) electrons. The molecule has 0 saturated heterocycles. The number of para-hydroxylation sites is 1. The van der Waals surface area contributed by atoms with Crippen molar-refractivity contribution in [1.82, 2.24) is 10.6 Å². The molecular weight excluding hydrogens is 378 g/mol. The van der Waals surface area contributed by atoms with Crippen LogP contribution in [0.2, 0.25) is 0 Å². The fourth-order valence-electron chi connectivity index (χ4n) is 5.57. The quantitative estimate of drug-likeness (QED) is 0.729. The Hall–Kier alpha value is -3.02. The van der Waals surface area contributed by atoms with E-state index >= 15 is 0 Å². The zero-order valence-corrected chi connectivity index (χ0v) is 17.1. The summed E-state index contributed by atoms with van der Waals surface area (Å²) in [6, 6.07) is 15.4. The third-order valence-electron chi connectivity index (χ3n) is 7.08. The highest BCUT2D eigenvalue weighted by Gasteiger charge is 2.55. The normalized spacial score (nSPS) is 29.0. The van der Waals surface area contributed by atoms with E-state index in [1.54, 1.807) is 7.11 Å². The standard InChI is InChI=1S/C24H27N3O3/c1-30-18-6-4-5-15(11-18)14-25-22(28)20-12-17-10-9-16(20)13-24(17)26-21-8-3-2-7-19(21)23(29)27-24/h2-8,11,16-17,20,26H,9-10,12-14H2,1H3,(H,25,28)(H,27,29)/t16-,17+,20+,24+/m0/s1. The number of carbonyl (C=O) groups is 2. The average Bonchev–Trinajstić information content (AvgIpc) is 2.78. The first-order valence-electron chi connectivity index (χ1n) is 10.7. The van der Waals surface area contributed by atoms with Gasteiger partial charge in [-0.2, -0.15) is 0 Å². The molecular formula is C24H27N3O3. The van der Waals surface area contributed by atoms with Crippen LogP contribution in [-0.4, -0.2) is 24.6 Å². The zero-order chi connectivity index (χ0) is 20.7. The number of ether oxygens (including phenoxy) is 1. The summed E-state index contributed by atoms with van der Waals surface area (Å²) in [5, 5.41) is 10.00. The molecule has 3 aliphatic carbocycles. The van der Waals surface area contributed by atoms with Crippen molar-refractivity contribution in [3.8, 4) is 5.75 Å².